The van der Waals surface area contributed by atoms with Crippen LogP contribution in [0, 0.1) is 0 Å². The first kappa shape index (κ1) is 13.1. The van der Waals surface area contributed by atoms with Crippen molar-refractivity contribution < 1.29 is 9.47 Å². The van der Waals surface area contributed by atoms with Crippen LogP contribution in [0.25, 0.3) is 11.3 Å². The molecule has 1 aromatic heterocycles. The minimum absolute atomic E-state index is 0.127. The SMILES string of the molecule is CCc1c(-c2cccc(OC)c2OC)nc[nH]c1=O. The summed E-state index contributed by atoms with van der Waals surface area (Å²) >= 11 is 0. The molecule has 0 aliphatic carbocycles. The molecule has 5 heteroatoms. The number of nitrogens with zero attached hydrogens (tertiary/aromatic N) is 1. The summed E-state index contributed by atoms with van der Waals surface area (Å²) < 4.78 is 10.6. The Hall–Kier alpha value is -2.30. The molecule has 0 amide bonds. The maximum atomic E-state index is 11.8. The Labute approximate surface area is 111 Å². The quantitative estimate of drug-likeness (QED) is 0.913. The predicted molar refractivity (Wildman–Crippen MR) is 72.8 cm³/mol. The van der Waals surface area contributed by atoms with E-state index in [1.165, 1.54) is 6.33 Å². The molecule has 0 aliphatic heterocycles. The molecule has 2 aromatic rings. The molecule has 2 rings (SSSR count). The first-order valence-electron chi connectivity index (χ1n) is 6.00. The highest BCUT2D eigenvalue weighted by Crippen LogP contribution is 2.37. The predicted octanol–water partition coefficient (Wildman–Crippen LogP) is 2.02. The average molecular weight is 260 g/mol. The third kappa shape index (κ3) is 2.31. The van der Waals surface area contributed by atoms with Crippen molar-refractivity contribution in [1.29, 1.82) is 0 Å². The second kappa shape index (κ2) is 5.56. The van der Waals surface area contributed by atoms with Crippen LogP contribution < -0.4 is 15.0 Å². The van der Waals surface area contributed by atoms with Crippen molar-refractivity contribution in [2.24, 2.45) is 0 Å². The molecule has 0 aliphatic rings. The number of H-pyrrole nitrogens is 1. The summed E-state index contributed by atoms with van der Waals surface area (Å²) in [5.41, 5.74) is 1.89. The summed E-state index contributed by atoms with van der Waals surface area (Å²) in [7, 11) is 3.15. The van der Waals surface area contributed by atoms with Crippen LogP contribution >= 0.6 is 0 Å². The van der Waals surface area contributed by atoms with Crippen molar-refractivity contribution in [3.8, 4) is 22.8 Å². The number of nitrogens with one attached hydrogen (secondary N) is 1. The van der Waals surface area contributed by atoms with E-state index >= 15 is 0 Å². The van der Waals surface area contributed by atoms with Gasteiger partial charge in [0, 0.05) is 11.1 Å². The lowest BCUT2D eigenvalue weighted by atomic mass is 10.0. The number of aromatic nitrogens is 2. The summed E-state index contributed by atoms with van der Waals surface area (Å²) in [6.45, 7) is 1.92. The maximum absolute atomic E-state index is 11.8. The van der Waals surface area contributed by atoms with Gasteiger partial charge >= 0.3 is 0 Å². The molecular formula is C14H16N2O3. The first-order valence-corrected chi connectivity index (χ1v) is 6.00. The van der Waals surface area contributed by atoms with Crippen LogP contribution in [0.5, 0.6) is 11.5 Å². The highest BCUT2D eigenvalue weighted by molar-refractivity contribution is 5.73. The van der Waals surface area contributed by atoms with Crippen LogP contribution in [-0.2, 0) is 6.42 Å². The Morgan fingerprint density at radius 3 is 2.68 bits per heavy atom. The van der Waals surface area contributed by atoms with Gasteiger partial charge in [0.05, 0.1) is 26.2 Å². The highest BCUT2D eigenvalue weighted by atomic mass is 16.5. The van der Waals surface area contributed by atoms with E-state index < -0.39 is 0 Å². The molecule has 1 aromatic carbocycles. The van der Waals surface area contributed by atoms with Gasteiger partial charge in [0.2, 0.25) is 0 Å². The molecule has 1 N–H and O–H groups in total. The number of benzene rings is 1. The van der Waals surface area contributed by atoms with Gasteiger partial charge in [-0.3, -0.25) is 4.79 Å². The summed E-state index contributed by atoms with van der Waals surface area (Å²) in [6.07, 6.45) is 1.99. The lowest BCUT2D eigenvalue weighted by molar-refractivity contribution is 0.356. The van der Waals surface area contributed by atoms with Crippen molar-refractivity contribution in [1.82, 2.24) is 9.97 Å². The third-order valence-electron chi connectivity index (χ3n) is 2.96. The van der Waals surface area contributed by atoms with E-state index in [4.69, 9.17) is 9.47 Å². The molecular weight excluding hydrogens is 244 g/mol. The minimum atomic E-state index is -0.127. The molecule has 0 fully saturated rings. The second-order valence-corrected chi connectivity index (χ2v) is 3.95. The van der Waals surface area contributed by atoms with Crippen molar-refractivity contribution in [2.45, 2.75) is 13.3 Å². The fraction of sp³-hybridized carbons (Fsp3) is 0.286. The number of methoxy groups -OCH3 is 2. The van der Waals surface area contributed by atoms with Crippen molar-refractivity contribution >= 4 is 0 Å². The number of rotatable bonds is 4. The van der Waals surface area contributed by atoms with Crippen LogP contribution in [0.1, 0.15) is 12.5 Å². The average Bonchev–Trinajstić information content (AvgIpc) is 2.45. The third-order valence-corrected chi connectivity index (χ3v) is 2.96. The largest absolute Gasteiger partial charge is 0.493 e. The molecule has 100 valence electrons. The van der Waals surface area contributed by atoms with Crippen LogP contribution in [0.2, 0.25) is 0 Å². The minimum Gasteiger partial charge on any atom is -0.493 e. The van der Waals surface area contributed by atoms with E-state index in [0.717, 1.165) is 5.56 Å². The van der Waals surface area contributed by atoms with E-state index in [2.05, 4.69) is 9.97 Å². The number of para-hydroxylation sites is 1. The Morgan fingerprint density at radius 2 is 2.05 bits per heavy atom. The second-order valence-electron chi connectivity index (χ2n) is 3.95. The van der Waals surface area contributed by atoms with Gasteiger partial charge in [-0.05, 0) is 18.6 Å². The van der Waals surface area contributed by atoms with Gasteiger partial charge in [0.15, 0.2) is 11.5 Å². The lowest BCUT2D eigenvalue weighted by Gasteiger charge is -2.13. The van der Waals surface area contributed by atoms with Gasteiger partial charge in [0.25, 0.3) is 5.56 Å². The maximum Gasteiger partial charge on any atom is 0.254 e. The van der Waals surface area contributed by atoms with E-state index in [-0.39, 0.29) is 5.56 Å². The first-order chi connectivity index (χ1) is 9.22. The van der Waals surface area contributed by atoms with E-state index in [0.29, 0.717) is 29.2 Å². The topological polar surface area (TPSA) is 64.2 Å². The molecule has 0 atom stereocenters. The number of hydrogen-bond acceptors (Lipinski definition) is 4. The molecule has 5 nitrogen and oxygen atoms in total. The summed E-state index contributed by atoms with van der Waals surface area (Å²) in [5.74, 6) is 1.20. The molecule has 0 saturated carbocycles. The van der Waals surface area contributed by atoms with Gasteiger partial charge in [-0.25, -0.2) is 4.98 Å². The lowest BCUT2D eigenvalue weighted by Crippen LogP contribution is -2.14. The Bertz CT molecular complexity index is 635. The summed E-state index contributed by atoms with van der Waals surface area (Å²) in [4.78, 5) is 18.7. The highest BCUT2D eigenvalue weighted by Gasteiger charge is 2.16. The van der Waals surface area contributed by atoms with E-state index in [9.17, 15) is 4.79 Å². The van der Waals surface area contributed by atoms with Crippen LogP contribution in [0.15, 0.2) is 29.3 Å². The van der Waals surface area contributed by atoms with Gasteiger partial charge in [-0.1, -0.05) is 13.0 Å². The van der Waals surface area contributed by atoms with Crippen molar-refractivity contribution in [3.63, 3.8) is 0 Å². The van der Waals surface area contributed by atoms with Gasteiger partial charge in [-0.15, -0.1) is 0 Å². The molecule has 0 saturated heterocycles. The van der Waals surface area contributed by atoms with E-state index in [1.54, 1.807) is 20.3 Å². The van der Waals surface area contributed by atoms with Crippen molar-refractivity contribution in [3.05, 3.63) is 40.4 Å². The summed E-state index contributed by atoms with van der Waals surface area (Å²) in [5, 5.41) is 0. The Kier molecular flexibility index (Phi) is 3.85. The number of ether oxygens (including phenoxy) is 2. The van der Waals surface area contributed by atoms with Gasteiger partial charge < -0.3 is 14.5 Å². The van der Waals surface area contributed by atoms with E-state index in [1.807, 2.05) is 19.1 Å². The standard InChI is InChI=1S/C14H16N2O3/c1-4-9-12(15-8-16-14(9)17)10-6-5-7-11(18-2)13(10)19-3/h5-8H,4H2,1-3H3,(H,15,16,17). The normalized spacial score (nSPS) is 10.3. The van der Waals surface area contributed by atoms with Crippen molar-refractivity contribution in [2.75, 3.05) is 14.2 Å². The molecule has 0 radical (unpaired) electrons. The number of aromatic amines is 1. The molecule has 1 heterocycles. The zero-order valence-electron chi connectivity index (χ0n) is 11.2. The van der Waals surface area contributed by atoms with Crippen LogP contribution in [0.3, 0.4) is 0 Å². The fourth-order valence-corrected chi connectivity index (χ4v) is 2.06. The smallest absolute Gasteiger partial charge is 0.254 e. The zero-order chi connectivity index (χ0) is 13.8. The molecule has 0 spiro atoms. The van der Waals surface area contributed by atoms with Crippen LogP contribution in [0.4, 0.5) is 0 Å². The van der Waals surface area contributed by atoms with Crippen LogP contribution in [-0.4, -0.2) is 24.2 Å². The number of hydrogen-bond donors (Lipinski definition) is 1. The zero-order valence-corrected chi connectivity index (χ0v) is 11.2. The Morgan fingerprint density at radius 1 is 1.26 bits per heavy atom. The molecule has 0 bridgehead atoms. The molecule has 0 unspecified atom stereocenters. The fourth-order valence-electron chi connectivity index (χ4n) is 2.06. The van der Waals surface area contributed by atoms with Gasteiger partial charge in [0.1, 0.15) is 0 Å². The van der Waals surface area contributed by atoms with Gasteiger partial charge in [-0.2, -0.15) is 0 Å². The summed E-state index contributed by atoms with van der Waals surface area (Å²) in [6, 6.07) is 5.52. The Balaban J connectivity index is 2.72. The monoisotopic (exact) mass is 260 g/mol. The molecule has 19 heavy (non-hydrogen) atoms.